The van der Waals surface area contributed by atoms with Crippen molar-refractivity contribution >= 4 is 23.6 Å². The molecule has 6 aromatic rings. The summed E-state index contributed by atoms with van der Waals surface area (Å²) in [5.74, 6) is -4.85. The number of H-pyrrole nitrogens is 2. The van der Waals surface area contributed by atoms with E-state index in [4.69, 9.17) is 19.0 Å². The smallest absolute Gasteiger partial charge is 0.373 e. The van der Waals surface area contributed by atoms with Crippen LogP contribution in [0.1, 0.15) is 93.4 Å². The molecular weight excluding hydrogens is 852 g/mol. The number of nitrogens with one attached hydrogen (secondary N) is 2. The third-order valence-electron chi connectivity index (χ3n) is 11.8. The lowest BCUT2D eigenvalue weighted by Crippen LogP contribution is -2.39. The number of aromatic hydroxyl groups is 1. The maximum Gasteiger partial charge on any atom is 0.373 e. The normalized spacial score (nSPS) is 12.4. The topological polar surface area (TPSA) is 199 Å². The van der Waals surface area contributed by atoms with Gasteiger partial charge in [-0.05, 0) is 111 Å². The van der Waals surface area contributed by atoms with Gasteiger partial charge in [0.1, 0.15) is 34.2 Å². The van der Waals surface area contributed by atoms with Crippen molar-refractivity contribution in [1.29, 1.82) is 0 Å². The Morgan fingerprint density at radius 3 is 1.95 bits per heavy atom. The van der Waals surface area contributed by atoms with Gasteiger partial charge in [-0.2, -0.15) is 0 Å². The molecule has 0 saturated carbocycles. The van der Waals surface area contributed by atoms with Crippen molar-refractivity contribution in [2.24, 2.45) is 0 Å². The molecule has 0 amide bonds. The summed E-state index contributed by atoms with van der Waals surface area (Å²) in [6, 6.07) is 18.8. The van der Waals surface area contributed by atoms with Gasteiger partial charge in [-0.3, -0.25) is 14.4 Å². The Kier molecular flexibility index (Phi) is 13.7. The van der Waals surface area contributed by atoms with Gasteiger partial charge in [0, 0.05) is 47.1 Å². The maximum absolute atomic E-state index is 15.1. The van der Waals surface area contributed by atoms with Gasteiger partial charge < -0.3 is 39.0 Å². The Hall–Kier alpha value is -7.75. The number of hydrogen-bond acceptors (Lipinski definition) is 12. The van der Waals surface area contributed by atoms with Gasteiger partial charge in [-0.15, -0.1) is 4.73 Å². The fourth-order valence-corrected chi connectivity index (χ4v) is 8.34. The number of hydrogen-bond donors (Lipinski definition) is 3. The molecule has 1 saturated heterocycles. The summed E-state index contributed by atoms with van der Waals surface area (Å²) in [4.78, 5) is 97.1. The highest BCUT2D eigenvalue weighted by atomic mass is 19.1. The van der Waals surface area contributed by atoms with Gasteiger partial charge in [0.25, 0.3) is 16.7 Å². The number of halogens is 1. The highest BCUT2D eigenvalue weighted by molar-refractivity contribution is 6.03. The average molecular weight is 901 g/mol. The third-order valence-corrected chi connectivity index (χ3v) is 11.8. The fraction of sp³-hybridized carbons (Fsp3) is 0.280. The molecule has 3 aromatic carbocycles. The van der Waals surface area contributed by atoms with Crippen molar-refractivity contribution in [1.82, 2.24) is 14.7 Å². The van der Waals surface area contributed by atoms with Crippen LogP contribution in [0.15, 0.2) is 87.2 Å². The molecule has 7 rings (SSSR count). The summed E-state index contributed by atoms with van der Waals surface area (Å²) in [7, 11) is 2.90. The van der Waals surface area contributed by atoms with Crippen LogP contribution in [-0.4, -0.2) is 65.0 Å². The minimum atomic E-state index is -1.48. The molecule has 15 nitrogen and oxygen atoms in total. The molecule has 3 aromatic heterocycles. The molecular formula is C50H49FN4O11. The molecule has 0 spiro atoms. The first-order valence-electron chi connectivity index (χ1n) is 21.6. The van der Waals surface area contributed by atoms with E-state index in [-0.39, 0.29) is 53.2 Å². The number of carbonyl (C=O) groups excluding carboxylic acids is 3. The van der Waals surface area contributed by atoms with Gasteiger partial charge in [0.15, 0.2) is 5.56 Å². The Bertz CT molecular complexity index is 3070. The number of aromatic amines is 2. The number of anilines is 1. The zero-order valence-electron chi connectivity index (χ0n) is 37.4. The van der Waals surface area contributed by atoms with Gasteiger partial charge >= 0.3 is 17.9 Å². The van der Waals surface area contributed by atoms with Crippen molar-refractivity contribution in [3.63, 3.8) is 0 Å². The number of ether oxygens (including phenoxy) is 3. The second kappa shape index (κ2) is 19.6. The van der Waals surface area contributed by atoms with E-state index < -0.39 is 62.8 Å². The number of carbonyl (C=O) groups is 3. The van der Waals surface area contributed by atoms with Crippen LogP contribution in [0, 0.1) is 12.7 Å². The molecule has 4 heterocycles. The van der Waals surface area contributed by atoms with Crippen molar-refractivity contribution < 1.29 is 42.9 Å². The molecule has 342 valence electrons. The summed E-state index contributed by atoms with van der Waals surface area (Å²) in [6.07, 6.45) is 3.39. The first-order chi connectivity index (χ1) is 31.7. The minimum absolute atomic E-state index is 0.0365. The number of aromatic nitrogens is 3. The lowest BCUT2D eigenvalue weighted by molar-refractivity contribution is 0.0369. The zero-order valence-corrected chi connectivity index (χ0v) is 37.4. The number of pyridine rings is 3. The molecule has 1 aliphatic heterocycles. The van der Waals surface area contributed by atoms with Gasteiger partial charge in [0.05, 0.1) is 31.3 Å². The number of rotatable bonds is 13. The molecule has 0 atom stereocenters. The number of methoxy groups -OCH3 is 2. The molecule has 66 heavy (non-hydrogen) atoms. The molecule has 16 heteroatoms. The zero-order chi connectivity index (χ0) is 47.4. The van der Waals surface area contributed by atoms with Gasteiger partial charge in [-0.1, -0.05) is 39.0 Å². The molecule has 1 aliphatic rings. The lowest BCUT2D eigenvalue weighted by Gasteiger charge is -2.31. The average Bonchev–Trinajstić information content (AvgIpc) is 3.31. The predicted octanol–water partition coefficient (Wildman–Crippen LogP) is 7.34. The Balaban J connectivity index is 1.33. The Morgan fingerprint density at radius 2 is 1.32 bits per heavy atom. The van der Waals surface area contributed by atoms with E-state index in [1.54, 1.807) is 58.0 Å². The van der Waals surface area contributed by atoms with Crippen LogP contribution in [0.2, 0.25) is 0 Å². The van der Waals surface area contributed by atoms with E-state index in [2.05, 4.69) is 14.9 Å². The maximum atomic E-state index is 15.1. The van der Waals surface area contributed by atoms with E-state index >= 15 is 4.39 Å². The second-order valence-electron chi connectivity index (χ2n) is 15.7. The SMILES string of the molecule is CCc1cc(C(=O)OC(=O)c2cc(CC)c(-c3ccccc3N3CCCCC3)n(OC(=O)c3c(O)c(CC)c(-c4ccc(OC)cc4C)[nH]c3=O)c2=O)c(=O)[nH]c1-c1ccc(OC)cc1F. The number of esters is 2. The Labute approximate surface area is 378 Å². The van der Waals surface area contributed by atoms with E-state index in [0.717, 1.165) is 25.3 Å². The van der Waals surface area contributed by atoms with Crippen LogP contribution in [0.25, 0.3) is 33.8 Å². The van der Waals surface area contributed by atoms with E-state index in [1.165, 1.54) is 38.5 Å². The number of para-hydroxylation sites is 1. The minimum Gasteiger partial charge on any atom is -0.506 e. The van der Waals surface area contributed by atoms with Gasteiger partial charge in [-0.25, -0.2) is 18.8 Å². The summed E-state index contributed by atoms with van der Waals surface area (Å²) in [6.45, 7) is 8.37. The van der Waals surface area contributed by atoms with Crippen LogP contribution >= 0.6 is 0 Å². The molecule has 3 N–H and O–H groups in total. The second-order valence-corrected chi connectivity index (χ2v) is 15.7. The molecule has 0 aliphatic carbocycles. The first-order valence-corrected chi connectivity index (χ1v) is 21.6. The quantitative estimate of drug-likeness (QED) is 0.0771. The first kappa shape index (κ1) is 46.2. The monoisotopic (exact) mass is 900 g/mol. The third kappa shape index (κ3) is 8.86. The molecule has 0 unspecified atom stereocenters. The summed E-state index contributed by atoms with van der Waals surface area (Å²) in [5.41, 5.74) is -1.61. The van der Waals surface area contributed by atoms with Crippen molar-refractivity contribution in [2.75, 3.05) is 32.2 Å². The van der Waals surface area contributed by atoms with Crippen molar-refractivity contribution in [3.8, 4) is 51.0 Å². The van der Waals surface area contributed by atoms with Crippen LogP contribution in [0.3, 0.4) is 0 Å². The molecule has 1 fully saturated rings. The fourth-order valence-electron chi connectivity index (χ4n) is 8.34. The molecule has 0 bridgehead atoms. The molecule has 0 radical (unpaired) electrons. The summed E-state index contributed by atoms with van der Waals surface area (Å²) >= 11 is 0. The van der Waals surface area contributed by atoms with E-state index in [1.807, 2.05) is 12.1 Å². The van der Waals surface area contributed by atoms with E-state index in [0.29, 0.717) is 57.1 Å². The highest BCUT2D eigenvalue weighted by Gasteiger charge is 2.31. The van der Waals surface area contributed by atoms with Crippen LogP contribution in [-0.2, 0) is 24.0 Å². The highest BCUT2D eigenvalue weighted by Crippen LogP contribution is 2.36. The van der Waals surface area contributed by atoms with Crippen LogP contribution in [0.4, 0.5) is 10.1 Å². The Morgan fingerprint density at radius 1 is 0.697 bits per heavy atom. The van der Waals surface area contributed by atoms with Gasteiger partial charge in [0.2, 0.25) is 0 Å². The lowest BCUT2D eigenvalue weighted by atomic mass is 9.97. The standard InChI is InChI=1S/C50H49FN4O11/c1-7-28-24-36(45(57)52-41(28)34-20-18-31(64-6)26-38(34)51)48(60)65-49(61)37-25-29(8-2)43(35-15-11-12-16-39(35)54-21-13-10-14-22-54)55(47(37)59)66-50(62)40-44(56)32(9-3)42(53-46(40)58)33-19-17-30(63-5)23-27(33)4/h11-12,15-20,23-26H,7-10,13-14,21-22H2,1-6H3,(H,52,57)(H2,53,56,58). The summed E-state index contributed by atoms with van der Waals surface area (Å²) < 4.78 is 31.3. The number of nitrogens with zero attached hydrogens (tertiary/aromatic N) is 2. The number of piperidine rings is 1. The van der Waals surface area contributed by atoms with Crippen molar-refractivity contribution in [2.45, 2.75) is 66.2 Å². The van der Waals surface area contributed by atoms with Crippen LogP contribution in [0.5, 0.6) is 17.2 Å². The number of benzene rings is 3. The van der Waals surface area contributed by atoms with E-state index in [9.17, 15) is 33.9 Å². The predicted molar refractivity (Wildman–Crippen MR) is 245 cm³/mol. The van der Waals surface area contributed by atoms with Crippen molar-refractivity contribution in [3.05, 3.63) is 149 Å². The summed E-state index contributed by atoms with van der Waals surface area (Å²) in [5, 5.41) is 11.6. The van der Waals surface area contributed by atoms with Crippen LogP contribution < -0.4 is 35.9 Å². The largest absolute Gasteiger partial charge is 0.506 e. The number of aryl methyl sites for hydroxylation is 3.